The Hall–Kier alpha value is -0.0800. The molecule has 53 valence electrons. The van der Waals surface area contributed by atoms with Gasteiger partial charge in [-0.15, -0.1) is 0 Å². The zero-order valence-electron chi connectivity index (χ0n) is 6.52. The van der Waals surface area contributed by atoms with E-state index >= 15 is 0 Å². The van der Waals surface area contributed by atoms with Crippen LogP contribution in [0.3, 0.4) is 0 Å². The first-order valence-electron chi connectivity index (χ1n) is 3.46. The van der Waals surface area contributed by atoms with E-state index in [0.717, 1.165) is 13.1 Å². The molecule has 1 heterocycles. The summed E-state index contributed by atoms with van der Waals surface area (Å²) in [4.78, 5) is 2.27. The first-order valence-corrected chi connectivity index (χ1v) is 3.46. The molecule has 1 unspecified atom stereocenters. The van der Waals surface area contributed by atoms with Crippen LogP contribution in [0.25, 0.3) is 0 Å². The van der Waals surface area contributed by atoms with E-state index < -0.39 is 0 Å². The van der Waals surface area contributed by atoms with Crippen molar-refractivity contribution in [3.63, 3.8) is 0 Å². The molecular weight excluding hydrogens is 112 g/mol. The highest BCUT2D eigenvalue weighted by atomic mass is 15.2. The lowest BCUT2D eigenvalue weighted by atomic mass is 10.0. The molecule has 2 heteroatoms. The normalized spacial score (nSPS) is 36.0. The SMILES string of the molecule is CN(C)C1(C)CC[N]C1. The first-order chi connectivity index (χ1) is 4.15. The number of nitrogens with zero attached hydrogens (tertiary/aromatic N) is 2. The molecule has 1 atom stereocenters. The van der Waals surface area contributed by atoms with Gasteiger partial charge in [-0.3, -0.25) is 0 Å². The van der Waals surface area contributed by atoms with Crippen molar-refractivity contribution in [2.24, 2.45) is 0 Å². The van der Waals surface area contributed by atoms with Gasteiger partial charge in [-0.2, -0.15) is 0 Å². The second-order valence-electron chi connectivity index (χ2n) is 3.25. The molecule has 0 saturated carbocycles. The van der Waals surface area contributed by atoms with Crippen molar-refractivity contribution in [2.75, 3.05) is 27.2 Å². The molecule has 1 rings (SSSR count). The third-order valence-corrected chi connectivity index (χ3v) is 2.34. The highest BCUT2D eigenvalue weighted by molar-refractivity contribution is 4.90. The quantitative estimate of drug-likeness (QED) is 0.495. The van der Waals surface area contributed by atoms with Crippen LogP contribution in [0, 0.1) is 0 Å². The Morgan fingerprint density at radius 3 is 2.33 bits per heavy atom. The topological polar surface area (TPSA) is 17.3 Å². The highest BCUT2D eigenvalue weighted by Crippen LogP contribution is 2.19. The molecule has 0 aromatic heterocycles. The van der Waals surface area contributed by atoms with Gasteiger partial charge in [0.05, 0.1) is 0 Å². The Kier molecular flexibility index (Phi) is 1.78. The van der Waals surface area contributed by atoms with Crippen molar-refractivity contribution in [3.05, 3.63) is 0 Å². The average Bonchev–Trinajstić information content (AvgIpc) is 2.16. The van der Waals surface area contributed by atoms with E-state index in [1.54, 1.807) is 0 Å². The number of likely N-dealkylation sites (N-methyl/N-ethyl adjacent to an activating group) is 1. The van der Waals surface area contributed by atoms with Crippen LogP contribution in [-0.4, -0.2) is 37.6 Å². The summed E-state index contributed by atoms with van der Waals surface area (Å²) in [5.41, 5.74) is 0.361. The molecule has 1 saturated heterocycles. The number of hydrogen-bond acceptors (Lipinski definition) is 1. The van der Waals surface area contributed by atoms with Gasteiger partial charge in [0, 0.05) is 18.6 Å². The zero-order valence-corrected chi connectivity index (χ0v) is 6.52. The molecule has 1 aliphatic rings. The van der Waals surface area contributed by atoms with Crippen LogP contribution in [0.2, 0.25) is 0 Å². The molecule has 0 N–H and O–H groups in total. The van der Waals surface area contributed by atoms with E-state index in [0.29, 0.717) is 5.54 Å². The third-order valence-electron chi connectivity index (χ3n) is 2.34. The molecule has 0 bridgehead atoms. The Balaban J connectivity index is 2.51. The monoisotopic (exact) mass is 127 g/mol. The summed E-state index contributed by atoms with van der Waals surface area (Å²) in [5, 5.41) is 4.32. The minimum absolute atomic E-state index is 0.361. The summed E-state index contributed by atoms with van der Waals surface area (Å²) in [5.74, 6) is 0. The molecule has 0 aromatic rings. The summed E-state index contributed by atoms with van der Waals surface area (Å²) in [6.07, 6.45) is 1.22. The maximum absolute atomic E-state index is 4.32. The van der Waals surface area contributed by atoms with Crippen molar-refractivity contribution in [2.45, 2.75) is 18.9 Å². The molecule has 0 spiro atoms. The van der Waals surface area contributed by atoms with Gasteiger partial charge >= 0.3 is 0 Å². The van der Waals surface area contributed by atoms with Gasteiger partial charge in [0.25, 0.3) is 0 Å². The molecular formula is C7H15N2. The minimum Gasteiger partial charge on any atom is -0.303 e. The summed E-state index contributed by atoms with van der Waals surface area (Å²) in [7, 11) is 4.25. The van der Waals surface area contributed by atoms with Gasteiger partial charge in [-0.1, -0.05) is 0 Å². The average molecular weight is 127 g/mol. The predicted molar refractivity (Wildman–Crippen MR) is 38.6 cm³/mol. The lowest BCUT2D eigenvalue weighted by molar-refractivity contribution is 0.196. The number of hydrogen-bond donors (Lipinski definition) is 0. The van der Waals surface area contributed by atoms with Crippen molar-refractivity contribution in [3.8, 4) is 0 Å². The van der Waals surface area contributed by atoms with Gasteiger partial charge < -0.3 is 4.90 Å². The van der Waals surface area contributed by atoms with E-state index in [4.69, 9.17) is 0 Å². The Bertz CT molecular complexity index is 93.1. The highest BCUT2D eigenvalue weighted by Gasteiger charge is 2.30. The van der Waals surface area contributed by atoms with Crippen molar-refractivity contribution in [1.29, 1.82) is 0 Å². The van der Waals surface area contributed by atoms with Crippen LogP contribution < -0.4 is 5.32 Å². The fourth-order valence-corrected chi connectivity index (χ4v) is 1.08. The summed E-state index contributed by atoms with van der Waals surface area (Å²) in [6.45, 7) is 4.33. The van der Waals surface area contributed by atoms with Crippen LogP contribution >= 0.6 is 0 Å². The predicted octanol–water partition coefficient (Wildman–Crippen LogP) is 0.315. The van der Waals surface area contributed by atoms with E-state index in [1.807, 2.05) is 0 Å². The van der Waals surface area contributed by atoms with Gasteiger partial charge in [0.15, 0.2) is 0 Å². The van der Waals surface area contributed by atoms with Gasteiger partial charge in [-0.25, -0.2) is 5.32 Å². The van der Waals surface area contributed by atoms with Crippen LogP contribution in [0.15, 0.2) is 0 Å². The fourth-order valence-electron chi connectivity index (χ4n) is 1.08. The minimum atomic E-state index is 0.361. The molecule has 0 aliphatic carbocycles. The molecule has 1 fully saturated rings. The smallest absolute Gasteiger partial charge is 0.0329 e. The zero-order chi connectivity index (χ0) is 6.91. The van der Waals surface area contributed by atoms with Crippen molar-refractivity contribution >= 4 is 0 Å². The maximum atomic E-state index is 4.32. The molecule has 9 heavy (non-hydrogen) atoms. The van der Waals surface area contributed by atoms with Crippen LogP contribution in [0.1, 0.15) is 13.3 Å². The van der Waals surface area contributed by atoms with E-state index in [2.05, 4.69) is 31.2 Å². The first kappa shape index (κ1) is 7.03. The molecule has 0 aromatic carbocycles. The van der Waals surface area contributed by atoms with Crippen LogP contribution in [-0.2, 0) is 0 Å². The Labute approximate surface area is 57.2 Å². The Morgan fingerprint density at radius 1 is 1.44 bits per heavy atom. The maximum Gasteiger partial charge on any atom is 0.0329 e. The molecule has 2 nitrogen and oxygen atoms in total. The number of rotatable bonds is 1. The fraction of sp³-hybridized carbons (Fsp3) is 1.00. The molecule has 1 radical (unpaired) electrons. The summed E-state index contributed by atoms with van der Waals surface area (Å²) in [6, 6.07) is 0. The van der Waals surface area contributed by atoms with Gasteiger partial charge in [0.1, 0.15) is 0 Å². The van der Waals surface area contributed by atoms with Crippen LogP contribution in [0.5, 0.6) is 0 Å². The largest absolute Gasteiger partial charge is 0.303 e. The second kappa shape index (κ2) is 2.27. The van der Waals surface area contributed by atoms with Crippen molar-refractivity contribution in [1.82, 2.24) is 10.2 Å². The Morgan fingerprint density at radius 2 is 2.11 bits per heavy atom. The standard InChI is InChI=1S/C7H15N2/c1-7(9(2)3)4-5-8-6-7/h4-6H2,1-3H3. The van der Waals surface area contributed by atoms with Gasteiger partial charge in [-0.05, 0) is 27.4 Å². The summed E-state index contributed by atoms with van der Waals surface area (Å²) < 4.78 is 0. The summed E-state index contributed by atoms with van der Waals surface area (Å²) >= 11 is 0. The van der Waals surface area contributed by atoms with E-state index in [-0.39, 0.29) is 0 Å². The molecule has 1 aliphatic heterocycles. The molecule has 0 amide bonds. The van der Waals surface area contributed by atoms with Crippen molar-refractivity contribution < 1.29 is 0 Å². The lowest BCUT2D eigenvalue weighted by Gasteiger charge is -2.30. The van der Waals surface area contributed by atoms with E-state index in [1.165, 1.54) is 6.42 Å². The van der Waals surface area contributed by atoms with E-state index in [9.17, 15) is 0 Å². The van der Waals surface area contributed by atoms with Crippen LogP contribution in [0.4, 0.5) is 0 Å². The lowest BCUT2D eigenvalue weighted by Crippen LogP contribution is -2.42. The second-order valence-corrected chi connectivity index (χ2v) is 3.25. The van der Waals surface area contributed by atoms with Gasteiger partial charge in [0.2, 0.25) is 0 Å². The third kappa shape index (κ3) is 1.25.